The van der Waals surface area contributed by atoms with Crippen molar-refractivity contribution in [1.82, 2.24) is 10.6 Å². The van der Waals surface area contributed by atoms with Crippen LogP contribution in [0.3, 0.4) is 0 Å². The number of rotatable bonds is 8. The molecule has 1 aromatic heterocycles. The minimum absolute atomic E-state index is 0.0533. The first-order chi connectivity index (χ1) is 15.0. The topological polar surface area (TPSA) is 89.8 Å². The van der Waals surface area contributed by atoms with E-state index in [0.717, 1.165) is 5.56 Å². The monoisotopic (exact) mass is 420 g/mol. The highest BCUT2D eigenvalue weighted by molar-refractivity contribution is 6.05. The van der Waals surface area contributed by atoms with Crippen molar-refractivity contribution in [3.8, 4) is 11.5 Å². The van der Waals surface area contributed by atoms with Crippen molar-refractivity contribution < 1.29 is 23.5 Å². The summed E-state index contributed by atoms with van der Waals surface area (Å²) >= 11 is 0. The molecule has 1 heterocycles. The summed E-state index contributed by atoms with van der Waals surface area (Å²) in [5.41, 5.74) is 1.31. The van der Waals surface area contributed by atoms with Crippen LogP contribution in [0.4, 0.5) is 0 Å². The number of carbonyl (C=O) groups excluding carboxylic acids is 2. The van der Waals surface area contributed by atoms with E-state index in [0.29, 0.717) is 22.8 Å². The van der Waals surface area contributed by atoms with Crippen molar-refractivity contribution in [3.05, 3.63) is 89.5 Å². The number of methoxy groups -OCH3 is 2. The van der Waals surface area contributed by atoms with Crippen LogP contribution in [0.15, 0.2) is 77.0 Å². The van der Waals surface area contributed by atoms with Crippen LogP contribution in [-0.4, -0.2) is 26.0 Å². The fourth-order valence-corrected chi connectivity index (χ4v) is 2.95. The predicted molar refractivity (Wildman–Crippen MR) is 117 cm³/mol. The van der Waals surface area contributed by atoms with Gasteiger partial charge >= 0.3 is 0 Å². The van der Waals surface area contributed by atoms with E-state index in [1.54, 1.807) is 30.3 Å². The molecule has 3 aromatic rings. The van der Waals surface area contributed by atoms with Crippen molar-refractivity contribution in [3.63, 3.8) is 0 Å². The van der Waals surface area contributed by atoms with E-state index in [2.05, 4.69) is 10.6 Å². The van der Waals surface area contributed by atoms with Gasteiger partial charge < -0.3 is 24.5 Å². The molecule has 0 saturated carbocycles. The van der Waals surface area contributed by atoms with Gasteiger partial charge in [0, 0.05) is 11.6 Å². The number of ether oxygens (including phenoxy) is 2. The molecule has 0 unspecified atom stereocenters. The molecule has 2 aromatic carbocycles. The molecule has 0 saturated heterocycles. The standard InChI is InChI=1S/C24H24N2O5/c1-16(17-8-5-4-6-9-17)25-24(28)20(15-19-10-7-13-31-19)26-23(27)18-11-12-21(29-2)22(14-18)30-3/h4-16H,1-3H3,(H,25,28)(H,26,27)/b20-15-/t16-/m1/s1. The van der Waals surface area contributed by atoms with Crippen molar-refractivity contribution in [2.24, 2.45) is 0 Å². The number of benzene rings is 2. The number of carbonyl (C=O) groups is 2. The van der Waals surface area contributed by atoms with Crippen molar-refractivity contribution in [1.29, 1.82) is 0 Å². The van der Waals surface area contributed by atoms with E-state index >= 15 is 0 Å². The average Bonchev–Trinajstić information content (AvgIpc) is 3.31. The maximum atomic E-state index is 13.0. The van der Waals surface area contributed by atoms with Gasteiger partial charge in [0.15, 0.2) is 11.5 Å². The first kappa shape index (κ1) is 21.7. The van der Waals surface area contributed by atoms with Crippen molar-refractivity contribution in [2.45, 2.75) is 13.0 Å². The zero-order chi connectivity index (χ0) is 22.2. The average molecular weight is 420 g/mol. The third-order valence-corrected chi connectivity index (χ3v) is 4.62. The van der Waals surface area contributed by atoms with Gasteiger partial charge in [-0.25, -0.2) is 0 Å². The SMILES string of the molecule is COc1ccc(C(=O)N/C(=C\c2ccco2)C(=O)N[C@H](C)c2ccccc2)cc1OC. The molecule has 2 N–H and O–H groups in total. The zero-order valence-corrected chi connectivity index (χ0v) is 17.5. The summed E-state index contributed by atoms with van der Waals surface area (Å²) in [6.07, 6.45) is 2.97. The van der Waals surface area contributed by atoms with E-state index in [9.17, 15) is 9.59 Å². The van der Waals surface area contributed by atoms with Gasteiger partial charge in [-0.1, -0.05) is 30.3 Å². The summed E-state index contributed by atoms with van der Waals surface area (Å²) in [7, 11) is 3.00. The number of hydrogen-bond acceptors (Lipinski definition) is 5. The Kier molecular flexibility index (Phi) is 7.11. The smallest absolute Gasteiger partial charge is 0.268 e. The van der Waals surface area contributed by atoms with Gasteiger partial charge in [-0.05, 0) is 42.8 Å². The summed E-state index contributed by atoms with van der Waals surface area (Å²) in [6.45, 7) is 1.87. The third-order valence-electron chi connectivity index (χ3n) is 4.62. The molecule has 7 heteroatoms. The van der Waals surface area contributed by atoms with Crippen LogP contribution in [0.1, 0.15) is 34.6 Å². The highest BCUT2D eigenvalue weighted by Crippen LogP contribution is 2.27. The molecule has 3 rings (SSSR count). The van der Waals surface area contributed by atoms with Gasteiger partial charge in [-0.15, -0.1) is 0 Å². The van der Waals surface area contributed by atoms with E-state index in [-0.39, 0.29) is 11.7 Å². The van der Waals surface area contributed by atoms with Crippen LogP contribution >= 0.6 is 0 Å². The summed E-state index contributed by atoms with van der Waals surface area (Å²) < 4.78 is 15.8. The van der Waals surface area contributed by atoms with Gasteiger partial charge in [0.25, 0.3) is 11.8 Å². The summed E-state index contributed by atoms with van der Waals surface area (Å²) in [6, 6.07) is 17.4. The van der Waals surface area contributed by atoms with Crippen LogP contribution in [0.5, 0.6) is 11.5 Å². The summed E-state index contributed by atoms with van der Waals surface area (Å²) in [5, 5.41) is 5.57. The predicted octanol–water partition coefficient (Wildman–Crippen LogP) is 3.95. The lowest BCUT2D eigenvalue weighted by molar-refractivity contribution is -0.118. The molecule has 0 spiro atoms. The van der Waals surface area contributed by atoms with Gasteiger partial charge in [0.1, 0.15) is 11.5 Å². The van der Waals surface area contributed by atoms with Gasteiger partial charge in [-0.3, -0.25) is 9.59 Å². The summed E-state index contributed by atoms with van der Waals surface area (Å²) in [5.74, 6) is 0.432. The second kappa shape index (κ2) is 10.2. The van der Waals surface area contributed by atoms with E-state index in [4.69, 9.17) is 13.9 Å². The number of hydrogen-bond donors (Lipinski definition) is 2. The van der Waals surface area contributed by atoms with Gasteiger partial charge in [0.2, 0.25) is 0 Å². The number of amides is 2. The Labute approximate surface area is 180 Å². The molecule has 0 fully saturated rings. The second-order valence-electron chi connectivity index (χ2n) is 6.70. The molecular weight excluding hydrogens is 396 g/mol. The van der Waals surface area contributed by atoms with Crippen LogP contribution in [0.25, 0.3) is 6.08 Å². The molecule has 0 aliphatic heterocycles. The third kappa shape index (κ3) is 5.54. The molecular formula is C24H24N2O5. The van der Waals surface area contributed by atoms with E-state index in [1.165, 1.54) is 26.6 Å². The molecule has 0 bridgehead atoms. The molecule has 31 heavy (non-hydrogen) atoms. The first-order valence-corrected chi connectivity index (χ1v) is 9.66. The molecule has 160 valence electrons. The minimum Gasteiger partial charge on any atom is -0.493 e. The first-order valence-electron chi connectivity index (χ1n) is 9.66. The largest absolute Gasteiger partial charge is 0.493 e. The maximum absolute atomic E-state index is 13.0. The lowest BCUT2D eigenvalue weighted by Gasteiger charge is -2.17. The molecule has 0 aliphatic carbocycles. The van der Waals surface area contributed by atoms with Crippen molar-refractivity contribution >= 4 is 17.9 Å². The molecule has 2 amide bonds. The Morgan fingerprint density at radius 1 is 0.968 bits per heavy atom. The lowest BCUT2D eigenvalue weighted by atomic mass is 10.1. The Bertz CT molecular complexity index is 1060. The molecule has 0 radical (unpaired) electrons. The maximum Gasteiger partial charge on any atom is 0.268 e. The van der Waals surface area contributed by atoms with E-state index < -0.39 is 11.8 Å². The fraction of sp³-hybridized carbons (Fsp3) is 0.167. The van der Waals surface area contributed by atoms with E-state index in [1.807, 2.05) is 37.3 Å². The Hall–Kier alpha value is -4.00. The number of nitrogens with one attached hydrogen (secondary N) is 2. The van der Waals surface area contributed by atoms with Gasteiger partial charge in [0.05, 0.1) is 26.5 Å². The Morgan fingerprint density at radius 2 is 1.71 bits per heavy atom. The number of furan rings is 1. The lowest BCUT2D eigenvalue weighted by Crippen LogP contribution is -2.36. The normalized spacial score (nSPS) is 12.0. The highest BCUT2D eigenvalue weighted by Gasteiger charge is 2.19. The van der Waals surface area contributed by atoms with Crippen LogP contribution in [-0.2, 0) is 4.79 Å². The Balaban J connectivity index is 1.82. The molecule has 1 atom stereocenters. The Morgan fingerprint density at radius 3 is 2.35 bits per heavy atom. The van der Waals surface area contributed by atoms with Gasteiger partial charge in [-0.2, -0.15) is 0 Å². The minimum atomic E-state index is -0.471. The van der Waals surface area contributed by atoms with Crippen LogP contribution in [0, 0.1) is 0 Å². The van der Waals surface area contributed by atoms with Crippen molar-refractivity contribution in [2.75, 3.05) is 14.2 Å². The molecule has 7 nitrogen and oxygen atoms in total. The second-order valence-corrected chi connectivity index (χ2v) is 6.70. The zero-order valence-electron chi connectivity index (χ0n) is 17.5. The van der Waals surface area contributed by atoms with Crippen LogP contribution < -0.4 is 20.1 Å². The fourth-order valence-electron chi connectivity index (χ4n) is 2.95. The quantitative estimate of drug-likeness (QED) is 0.539. The van der Waals surface area contributed by atoms with Crippen LogP contribution in [0.2, 0.25) is 0 Å². The summed E-state index contributed by atoms with van der Waals surface area (Å²) in [4.78, 5) is 25.8. The molecule has 0 aliphatic rings. The highest BCUT2D eigenvalue weighted by atomic mass is 16.5.